The SMILES string of the molecule is CCCCCC/C=C\CCCCCCCCCC(=O)N[C@H]1[C@H](O[C@H]2[C@H](O)[C@@H](NC(C)=O)[C@H](O[C@H]3[C@H](O)[C@@H](NC(C)=O)[C@H](O[C@H]4[C@H](O)[C@@H](NC(C)=O)[C@H](O[C@@H]([C@H](O)[C@H](C=O)NC(C)=O)[C@H](O)CO)O[C@@H]4CO)O[C@@H]3CO)O[C@@H]2CO)O[C@H](CO)[C@@H](O)[C@@H]1O. The predicted octanol–water partition coefficient (Wildman–Crippen LogP) is -5.35. The Morgan fingerprint density at radius 3 is 1.25 bits per heavy atom. The fourth-order valence-electron chi connectivity index (χ4n) is 10.9. The van der Waals surface area contributed by atoms with Gasteiger partial charge in [-0.05, 0) is 32.1 Å². The van der Waals surface area contributed by atoms with Gasteiger partial charge in [-0.15, -0.1) is 0 Å². The summed E-state index contributed by atoms with van der Waals surface area (Å²) >= 11 is 0. The van der Waals surface area contributed by atoms with Crippen LogP contribution in [-0.4, -0.2) is 277 Å². The van der Waals surface area contributed by atoms with E-state index in [0.29, 0.717) is 6.42 Å². The third-order valence-electron chi connectivity index (χ3n) is 15.5. The Labute approximate surface area is 505 Å². The average molecular weight is 1260 g/mol. The zero-order chi connectivity index (χ0) is 64.5. The molecule has 0 aromatic heterocycles. The van der Waals surface area contributed by atoms with Gasteiger partial charge in [0.25, 0.3) is 0 Å². The number of carbonyl (C=O) groups excluding carboxylic acids is 6. The van der Waals surface area contributed by atoms with E-state index in [1.807, 2.05) is 0 Å². The molecule has 4 heterocycles. The van der Waals surface area contributed by atoms with Crippen LogP contribution >= 0.6 is 0 Å². The van der Waals surface area contributed by atoms with Gasteiger partial charge in [-0.3, -0.25) is 24.0 Å². The molecule has 5 amide bonds. The van der Waals surface area contributed by atoms with Crippen LogP contribution in [0.4, 0.5) is 0 Å². The number of aliphatic hydroxyl groups is 12. The first-order chi connectivity index (χ1) is 41.5. The van der Waals surface area contributed by atoms with Crippen LogP contribution in [0.2, 0.25) is 0 Å². The molecule has 0 unspecified atom stereocenters. The molecule has 0 spiro atoms. The van der Waals surface area contributed by atoms with Gasteiger partial charge in [-0.25, -0.2) is 0 Å². The summed E-state index contributed by atoms with van der Waals surface area (Å²) in [6, 6.07) is -8.47. The molecule has 0 aromatic rings. The molecular weight excluding hydrogens is 1160 g/mol. The lowest BCUT2D eigenvalue weighted by Crippen LogP contribution is -2.72. The number of unbranched alkanes of at least 4 members (excludes halogenated alkanes) is 11. The quantitative estimate of drug-likeness (QED) is 0.0157. The molecule has 0 bridgehead atoms. The Hall–Kier alpha value is -4.04. The number of hydrogen-bond acceptors (Lipinski definition) is 26. The van der Waals surface area contributed by atoms with Gasteiger partial charge in [0.05, 0.1) is 33.0 Å². The van der Waals surface area contributed by atoms with Crippen LogP contribution in [0, 0.1) is 0 Å². The van der Waals surface area contributed by atoms with E-state index in [1.54, 1.807) is 0 Å². The van der Waals surface area contributed by atoms with Gasteiger partial charge in [0.1, 0.15) is 128 Å². The normalized spacial score (nSPS) is 34.3. The number of amides is 5. The summed E-state index contributed by atoms with van der Waals surface area (Å²) in [5.41, 5.74) is 0. The highest BCUT2D eigenvalue weighted by Gasteiger charge is 2.57. The second-order valence-electron chi connectivity index (χ2n) is 22.5. The van der Waals surface area contributed by atoms with Crippen LogP contribution in [0.15, 0.2) is 12.2 Å². The van der Waals surface area contributed by atoms with E-state index in [0.717, 1.165) is 79.1 Å². The van der Waals surface area contributed by atoms with Gasteiger partial charge in [-0.2, -0.15) is 0 Å². The molecule has 31 nitrogen and oxygen atoms in total. The van der Waals surface area contributed by atoms with E-state index >= 15 is 0 Å². The summed E-state index contributed by atoms with van der Waals surface area (Å²) in [5.74, 6) is -3.78. The third kappa shape index (κ3) is 22.4. The van der Waals surface area contributed by atoms with Crippen LogP contribution in [0.25, 0.3) is 0 Å². The number of aliphatic hydroxyl groups excluding tert-OH is 12. The lowest BCUT2D eigenvalue weighted by Gasteiger charge is -2.51. The second kappa shape index (κ2) is 38.6. The largest absolute Gasteiger partial charge is 0.394 e. The number of rotatable bonds is 37. The number of ether oxygens (including phenoxy) is 8. The molecule has 4 rings (SSSR count). The molecule has 17 N–H and O–H groups in total. The standard InChI is InChI=1S/C56H97N5O26/c1-6-7-8-9-10-11-12-13-14-15-16-17-18-19-20-21-38(73)61-39-45(76)44(75)34(24-64)80-53(39)85-50-36(26-66)82-55(41(47(50)78)59-30(4)70)87-52-37(27-67)83-56(42(48(52)79)60-31(5)71)86-51-35(25-65)81-54(40(46(51)77)58-29(3)69)84-49(33(72)23-63)43(74)32(22-62)57-28(2)68/h11-12,22,32-37,39-56,63-67,72,74-79H,6-10,13-21,23-27H2,1-5H3,(H,57,68)(H,58,69)(H,59,70)(H,60,71)(H,61,73)/b12-11-/t32-,33+,34+,35+,36+,37+,39+,40+,41+,42+,43+,44+,45+,46+,47+,48+,49+,50+,51+,52+,53-,54-,55-,56-/m0/s1. The van der Waals surface area contributed by atoms with Crippen LogP contribution in [0.5, 0.6) is 0 Å². The number of carbonyl (C=O) groups is 6. The highest BCUT2D eigenvalue weighted by molar-refractivity contribution is 5.78. The summed E-state index contributed by atoms with van der Waals surface area (Å²) in [5, 5.41) is 144. The summed E-state index contributed by atoms with van der Waals surface area (Å²) in [6.45, 7) is 1.36. The topological polar surface area (TPSA) is 479 Å². The Morgan fingerprint density at radius 2 is 0.862 bits per heavy atom. The van der Waals surface area contributed by atoms with Crippen LogP contribution in [-0.2, 0) is 66.7 Å². The van der Waals surface area contributed by atoms with Crippen molar-refractivity contribution in [3.8, 4) is 0 Å². The van der Waals surface area contributed by atoms with Crippen molar-refractivity contribution in [3.63, 3.8) is 0 Å². The second-order valence-corrected chi connectivity index (χ2v) is 22.5. The van der Waals surface area contributed by atoms with Crippen molar-refractivity contribution in [3.05, 3.63) is 12.2 Å². The molecule has 31 heteroatoms. The first-order valence-electron chi connectivity index (χ1n) is 30.0. The molecule has 4 aliphatic rings. The minimum Gasteiger partial charge on any atom is -0.394 e. The van der Waals surface area contributed by atoms with Crippen molar-refractivity contribution >= 4 is 35.8 Å². The molecule has 87 heavy (non-hydrogen) atoms. The third-order valence-corrected chi connectivity index (χ3v) is 15.5. The van der Waals surface area contributed by atoms with Crippen molar-refractivity contribution in [1.29, 1.82) is 0 Å². The Morgan fingerprint density at radius 1 is 0.483 bits per heavy atom. The van der Waals surface area contributed by atoms with Crippen molar-refractivity contribution in [2.45, 2.75) is 271 Å². The highest BCUT2D eigenvalue weighted by Crippen LogP contribution is 2.35. The monoisotopic (exact) mass is 1260 g/mol. The van der Waals surface area contributed by atoms with Crippen molar-refractivity contribution in [1.82, 2.24) is 26.6 Å². The molecule has 0 aliphatic carbocycles. The summed E-state index contributed by atoms with van der Waals surface area (Å²) in [6.07, 6.45) is -17.0. The number of allylic oxidation sites excluding steroid dienone is 2. The lowest BCUT2D eigenvalue weighted by atomic mass is 9.93. The molecule has 24 atom stereocenters. The molecule has 0 radical (unpaired) electrons. The first kappa shape index (κ1) is 75.4. The maximum Gasteiger partial charge on any atom is 0.220 e. The highest BCUT2D eigenvalue weighted by atomic mass is 16.8. The molecular formula is C56H97N5O26. The lowest BCUT2D eigenvalue weighted by molar-refractivity contribution is -0.364. The maximum absolute atomic E-state index is 13.4. The number of hydrogen-bond donors (Lipinski definition) is 17. The summed E-state index contributed by atoms with van der Waals surface area (Å²) in [7, 11) is 0. The zero-order valence-corrected chi connectivity index (χ0v) is 50.1. The van der Waals surface area contributed by atoms with Crippen molar-refractivity contribution in [2.75, 3.05) is 33.0 Å². The van der Waals surface area contributed by atoms with Crippen molar-refractivity contribution in [2.24, 2.45) is 0 Å². The van der Waals surface area contributed by atoms with Gasteiger partial charge < -0.3 is 131 Å². The van der Waals surface area contributed by atoms with Crippen molar-refractivity contribution < 1.29 is 128 Å². The van der Waals surface area contributed by atoms with Crippen LogP contribution < -0.4 is 26.6 Å². The van der Waals surface area contributed by atoms with E-state index in [4.69, 9.17) is 37.9 Å². The zero-order valence-electron chi connectivity index (χ0n) is 50.1. The fraction of sp³-hybridized carbons (Fsp3) is 0.857. The minimum absolute atomic E-state index is 0.0218. The van der Waals surface area contributed by atoms with Gasteiger partial charge in [0, 0.05) is 34.1 Å². The first-order valence-corrected chi connectivity index (χ1v) is 30.0. The molecule has 502 valence electrons. The maximum atomic E-state index is 13.4. The minimum atomic E-state index is -2.09. The van der Waals surface area contributed by atoms with Crippen LogP contribution in [0.1, 0.15) is 125 Å². The summed E-state index contributed by atoms with van der Waals surface area (Å²) < 4.78 is 48.1. The van der Waals surface area contributed by atoms with E-state index in [2.05, 4.69) is 45.7 Å². The van der Waals surface area contributed by atoms with Gasteiger partial charge >= 0.3 is 0 Å². The Balaban J connectivity index is 1.50. The molecule has 4 fully saturated rings. The van der Waals surface area contributed by atoms with Gasteiger partial charge in [0.15, 0.2) is 25.2 Å². The van der Waals surface area contributed by atoms with E-state index < -0.39 is 209 Å². The molecule has 4 aliphatic heterocycles. The number of aldehydes is 1. The van der Waals surface area contributed by atoms with Gasteiger partial charge in [0.2, 0.25) is 29.5 Å². The smallest absolute Gasteiger partial charge is 0.220 e. The van der Waals surface area contributed by atoms with E-state index in [-0.39, 0.29) is 12.7 Å². The average Bonchev–Trinajstić information content (AvgIpc) is 0.903. The van der Waals surface area contributed by atoms with E-state index in [1.165, 1.54) is 25.7 Å². The fourth-order valence-corrected chi connectivity index (χ4v) is 10.9. The predicted molar refractivity (Wildman–Crippen MR) is 299 cm³/mol. The molecule has 0 saturated carbocycles. The Kier molecular flexibility index (Phi) is 33.5. The number of nitrogens with one attached hydrogen (secondary N) is 5. The van der Waals surface area contributed by atoms with Gasteiger partial charge in [-0.1, -0.05) is 70.4 Å². The van der Waals surface area contributed by atoms with E-state index in [9.17, 15) is 90.0 Å². The summed E-state index contributed by atoms with van der Waals surface area (Å²) in [4.78, 5) is 75.2. The molecule has 0 aromatic carbocycles. The Bertz CT molecular complexity index is 2110. The molecule has 4 saturated heterocycles. The van der Waals surface area contributed by atoms with Crippen LogP contribution in [0.3, 0.4) is 0 Å².